The largest absolute Gasteiger partial charge is 0.369 e. The van der Waals surface area contributed by atoms with Crippen molar-refractivity contribution >= 4 is 56.4 Å². The number of thioether (sulfide) groups is 1. The fourth-order valence-electron chi connectivity index (χ4n) is 6.58. The van der Waals surface area contributed by atoms with E-state index in [9.17, 15) is 23.3 Å². The van der Waals surface area contributed by atoms with Gasteiger partial charge in [-0.15, -0.1) is 11.8 Å². The van der Waals surface area contributed by atoms with Gasteiger partial charge in [0.2, 0.25) is 0 Å². The first-order chi connectivity index (χ1) is 26.9. The third-order valence-electron chi connectivity index (χ3n) is 9.55. The number of rotatable bonds is 16. The molecule has 0 spiro atoms. The summed E-state index contributed by atoms with van der Waals surface area (Å²) >= 11 is 7.66. The molecule has 1 aliphatic rings. The predicted octanol–water partition coefficient (Wildman–Crippen LogP) is 8.23. The van der Waals surface area contributed by atoms with Gasteiger partial charge in [0.05, 0.1) is 15.2 Å². The number of piperazine rings is 1. The molecule has 56 heavy (non-hydrogen) atoms. The topological polar surface area (TPSA) is 128 Å². The zero-order chi connectivity index (χ0) is 39.7. The van der Waals surface area contributed by atoms with Gasteiger partial charge in [-0.1, -0.05) is 66.2 Å². The van der Waals surface area contributed by atoms with Crippen molar-refractivity contribution < 1.29 is 18.1 Å². The van der Waals surface area contributed by atoms with E-state index in [1.807, 2.05) is 74.8 Å². The summed E-state index contributed by atoms with van der Waals surface area (Å²) in [6.45, 7) is 4.92. The number of benzene rings is 5. The monoisotopic (exact) mass is 812 g/mol. The summed E-state index contributed by atoms with van der Waals surface area (Å²) in [6, 6.07) is 36.4. The summed E-state index contributed by atoms with van der Waals surface area (Å²) in [5, 5.41) is 15.9. The fourth-order valence-corrected chi connectivity index (χ4v) is 8.81. The highest BCUT2D eigenvalue weighted by Crippen LogP contribution is 2.33. The first kappa shape index (κ1) is 40.7. The van der Waals surface area contributed by atoms with E-state index < -0.39 is 26.5 Å². The Bertz CT molecular complexity index is 2220. The van der Waals surface area contributed by atoms with Crippen molar-refractivity contribution in [3.63, 3.8) is 0 Å². The molecule has 2 N–H and O–H groups in total. The van der Waals surface area contributed by atoms with E-state index in [1.165, 1.54) is 23.3 Å². The molecular formula is C42H45ClN6O5S2. The second-order valence-electron chi connectivity index (χ2n) is 13.9. The third-order valence-corrected chi connectivity index (χ3v) is 12.3. The number of hydrogen-bond acceptors (Lipinski definition) is 10. The molecule has 1 heterocycles. The van der Waals surface area contributed by atoms with Gasteiger partial charge in [0.25, 0.3) is 21.6 Å². The summed E-state index contributed by atoms with van der Waals surface area (Å²) in [4.78, 5) is 32.1. The molecule has 292 valence electrons. The first-order valence-electron chi connectivity index (χ1n) is 18.3. The molecule has 5 aromatic rings. The number of nitro benzene ring substituents is 1. The van der Waals surface area contributed by atoms with Crippen LogP contribution in [-0.4, -0.2) is 81.2 Å². The quantitative estimate of drug-likeness (QED) is 0.0436. The van der Waals surface area contributed by atoms with Crippen molar-refractivity contribution in [2.45, 2.75) is 34.6 Å². The number of nitrogens with zero attached hydrogens (tertiary/aromatic N) is 4. The van der Waals surface area contributed by atoms with E-state index in [4.69, 9.17) is 11.6 Å². The molecule has 1 fully saturated rings. The molecule has 1 amide bonds. The highest BCUT2D eigenvalue weighted by Gasteiger charge is 2.26. The van der Waals surface area contributed by atoms with Crippen LogP contribution in [0.15, 0.2) is 131 Å². The van der Waals surface area contributed by atoms with Crippen LogP contribution >= 0.6 is 23.4 Å². The Morgan fingerprint density at radius 1 is 0.893 bits per heavy atom. The molecule has 1 unspecified atom stereocenters. The number of anilines is 2. The Morgan fingerprint density at radius 2 is 1.57 bits per heavy atom. The van der Waals surface area contributed by atoms with Gasteiger partial charge >= 0.3 is 0 Å². The van der Waals surface area contributed by atoms with Crippen LogP contribution in [0.25, 0.3) is 11.1 Å². The Kier molecular flexibility index (Phi) is 13.7. The van der Waals surface area contributed by atoms with E-state index in [0.717, 1.165) is 67.9 Å². The van der Waals surface area contributed by atoms with Gasteiger partial charge in [0.1, 0.15) is 5.69 Å². The number of hydrogen-bond donors (Lipinski definition) is 2. The molecular weight excluding hydrogens is 768 g/mol. The molecule has 0 aliphatic carbocycles. The maximum absolute atomic E-state index is 13.4. The van der Waals surface area contributed by atoms with E-state index >= 15 is 0 Å². The lowest BCUT2D eigenvalue weighted by Gasteiger charge is -2.36. The minimum Gasteiger partial charge on any atom is -0.369 e. The summed E-state index contributed by atoms with van der Waals surface area (Å²) in [5.74, 6) is -0.828. The Morgan fingerprint density at radius 3 is 2.25 bits per heavy atom. The lowest BCUT2D eigenvalue weighted by Crippen LogP contribution is -2.46. The molecule has 0 bridgehead atoms. The van der Waals surface area contributed by atoms with Crippen LogP contribution in [-0.2, 0) is 16.6 Å². The van der Waals surface area contributed by atoms with Crippen molar-refractivity contribution in [1.82, 2.24) is 14.5 Å². The van der Waals surface area contributed by atoms with Gasteiger partial charge in [-0.2, -0.15) is 0 Å². The highest BCUT2D eigenvalue weighted by atomic mass is 35.5. The van der Waals surface area contributed by atoms with Gasteiger partial charge in [-0.3, -0.25) is 19.8 Å². The second kappa shape index (κ2) is 18.8. The fraction of sp³-hybridized carbons (Fsp3) is 0.262. The Hall–Kier alpha value is -4.92. The first-order valence-corrected chi connectivity index (χ1v) is 21.1. The smallest absolute Gasteiger partial charge is 0.293 e. The van der Waals surface area contributed by atoms with E-state index in [1.54, 1.807) is 36.0 Å². The number of nitro groups is 1. The average Bonchev–Trinajstić information content (AvgIpc) is 3.19. The van der Waals surface area contributed by atoms with Crippen LogP contribution in [0.1, 0.15) is 28.8 Å². The molecule has 11 nitrogen and oxygen atoms in total. The number of carbonyl (C=O) groups excluding carboxylic acids is 1. The van der Waals surface area contributed by atoms with Crippen LogP contribution in [0.5, 0.6) is 0 Å². The van der Waals surface area contributed by atoms with Crippen molar-refractivity contribution in [2.24, 2.45) is 0 Å². The van der Waals surface area contributed by atoms with Crippen molar-refractivity contribution in [2.75, 3.05) is 57.0 Å². The van der Waals surface area contributed by atoms with Crippen LogP contribution < -0.4 is 14.9 Å². The lowest BCUT2D eigenvalue weighted by atomic mass is 9.99. The average molecular weight is 813 g/mol. The van der Waals surface area contributed by atoms with E-state index in [2.05, 4.69) is 42.9 Å². The summed E-state index contributed by atoms with van der Waals surface area (Å²) in [7, 11) is -0.459. The maximum Gasteiger partial charge on any atom is 0.293 e. The van der Waals surface area contributed by atoms with E-state index in [-0.39, 0.29) is 21.5 Å². The third kappa shape index (κ3) is 10.9. The van der Waals surface area contributed by atoms with Gasteiger partial charge in [-0.05, 0) is 111 Å². The number of nitrogens with one attached hydrogen (secondary N) is 2. The van der Waals surface area contributed by atoms with Gasteiger partial charge in [0, 0.05) is 60.0 Å². The zero-order valence-corrected chi connectivity index (χ0v) is 33.7. The van der Waals surface area contributed by atoms with Crippen LogP contribution in [0.4, 0.5) is 17.1 Å². The summed E-state index contributed by atoms with van der Waals surface area (Å²) in [6.07, 6.45) is 1.55. The van der Waals surface area contributed by atoms with Crippen molar-refractivity contribution in [3.8, 4) is 11.1 Å². The Labute approximate surface area is 337 Å². The molecule has 14 heteroatoms. The second-order valence-corrected chi connectivity index (χ2v) is 17.2. The summed E-state index contributed by atoms with van der Waals surface area (Å²) < 4.78 is 28.8. The normalized spacial score (nSPS) is 14.0. The molecule has 1 aliphatic heterocycles. The molecule has 1 saturated heterocycles. The number of halogens is 1. The molecule has 6 rings (SSSR count). The van der Waals surface area contributed by atoms with Gasteiger partial charge in [0.15, 0.2) is 0 Å². The standard InChI is InChI=1S/C42H45ClN6O5S2/c1-46(2)24-8-13-41(55-36-10-4-3-5-11-36)44-39-23-22-37(29-40(39)49(51)52)56(53,54)45-42(50)32-16-20-35(21-17-32)48-27-25-47(26-28-48)30-33-9-6-7-12-38(33)31-14-18-34(43)19-15-31/h3-7,9-12,14-23,29,41,44H,8,13,24-28,30H2,1-2H3,(H,45,50). The molecule has 0 saturated carbocycles. The van der Waals surface area contributed by atoms with Gasteiger partial charge in [-0.25, -0.2) is 13.1 Å². The summed E-state index contributed by atoms with van der Waals surface area (Å²) in [5.41, 5.74) is 4.42. The number of amides is 1. The van der Waals surface area contributed by atoms with Gasteiger partial charge < -0.3 is 15.1 Å². The predicted molar refractivity (Wildman–Crippen MR) is 226 cm³/mol. The highest BCUT2D eigenvalue weighted by molar-refractivity contribution is 8.00. The molecule has 0 aromatic heterocycles. The molecule has 5 aromatic carbocycles. The van der Waals surface area contributed by atoms with Crippen molar-refractivity contribution in [1.29, 1.82) is 0 Å². The molecule has 1 atom stereocenters. The van der Waals surface area contributed by atoms with E-state index in [0.29, 0.717) is 11.4 Å². The Balaban J connectivity index is 1.07. The minimum absolute atomic E-state index is 0.154. The minimum atomic E-state index is -4.43. The maximum atomic E-state index is 13.4. The zero-order valence-electron chi connectivity index (χ0n) is 31.3. The van der Waals surface area contributed by atoms with Crippen LogP contribution in [0.3, 0.4) is 0 Å². The molecule has 0 radical (unpaired) electrons. The number of carbonyl (C=O) groups is 1. The van der Waals surface area contributed by atoms with Crippen LogP contribution in [0.2, 0.25) is 5.02 Å². The lowest BCUT2D eigenvalue weighted by molar-refractivity contribution is -0.384. The van der Waals surface area contributed by atoms with Crippen molar-refractivity contribution in [3.05, 3.63) is 148 Å². The number of sulfonamides is 1. The van der Waals surface area contributed by atoms with Crippen LogP contribution in [0, 0.1) is 10.1 Å². The SMILES string of the molecule is CN(C)CCCC(Nc1ccc(S(=O)(=O)NC(=O)c2ccc(N3CCN(Cc4ccccc4-c4ccc(Cl)cc4)CC3)cc2)cc1[N+](=O)[O-])Sc1ccccc1.